The third-order valence-electron chi connectivity index (χ3n) is 4.54. The van der Waals surface area contributed by atoms with E-state index >= 15 is 0 Å². The number of amides is 2. The highest BCUT2D eigenvalue weighted by Crippen LogP contribution is 2.31. The van der Waals surface area contributed by atoms with Gasteiger partial charge in [0, 0.05) is 6.54 Å². The lowest BCUT2D eigenvalue weighted by molar-refractivity contribution is -0.135. The third kappa shape index (κ3) is 6.40. The van der Waals surface area contributed by atoms with Crippen LogP contribution in [0.25, 0.3) is 0 Å². The smallest absolute Gasteiger partial charge is 0.407 e. The highest BCUT2D eigenvalue weighted by molar-refractivity contribution is 6.83. The van der Waals surface area contributed by atoms with E-state index in [2.05, 4.69) is 63.0 Å². The summed E-state index contributed by atoms with van der Waals surface area (Å²) in [4.78, 5) is 34.2. The summed E-state index contributed by atoms with van der Waals surface area (Å²) in [7, 11) is -0.153. The maximum Gasteiger partial charge on any atom is 0.407 e. The number of H-pyrrole nitrogens is 1. The van der Waals surface area contributed by atoms with Crippen LogP contribution in [0.1, 0.15) is 44.2 Å². The highest BCUT2D eigenvalue weighted by Gasteiger charge is 2.37. The number of hydrogen-bond donors (Lipinski definition) is 2. The predicted molar refractivity (Wildman–Crippen MR) is 114 cm³/mol. The lowest BCUT2D eigenvalue weighted by atomic mass is 10.0. The molecule has 1 fully saturated rings. The van der Waals surface area contributed by atoms with Gasteiger partial charge in [0.15, 0.2) is 0 Å². The number of carbonyl (C=O) groups excluding carboxylic acids is 2. The molecule has 2 N–H and O–H groups in total. The number of ether oxygens (including phenoxy) is 1. The molecule has 2 heterocycles. The van der Waals surface area contributed by atoms with Crippen molar-refractivity contribution in [3.05, 3.63) is 17.7 Å². The fourth-order valence-electron chi connectivity index (χ4n) is 3.08. The first kappa shape index (κ1) is 22.6. The standard InChI is InChI=1S/C21H30N4O3Si/c1-15(2)18(24-21(27)28-3)20(26)25-12-9-11-17(25)19-22-14-16(23-19)10-7-8-13-29(4,5)6/h14-15,17-18H,9,11-12H2,1-6H3,(H,22,23)(H,24,27)/t17-,18-/m0/s1. The summed E-state index contributed by atoms with van der Waals surface area (Å²) in [5.74, 6) is 9.28. The first-order valence-electron chi connectivity index (χ1n) is 9.85. The quantitative estimate of drug-likeness (QED) is 0.586. The fourth-order valence-corrected chi connectivity index (χ4v) is 3.52. The van der Waals surface area contributed by atoms with Crippen LogP contribution in [0.2, 0.25) is 19.6 Å². The Morgan fingerprint density at radius 2 is 2.07 bits per heavy atom. The minimum absolute atomic E-state index is 0.0641. The first-order chi connectivity index (χ1) is 13.6. The van der Waals surface area contributed by atoms with E-state index in [4.69, 9.17) is 0 Å². The van der Waals surface area contributed by atoms with Gasteiger partial charge in [-0.3, -0.25) is 4.79 Å². The molecular weight excluding hydrogens is 384 g/mol. The molecule has 29 heavy (non-hydrogen) atoms. The Morgan fingerprint density at radius 3 is 2.69 bits per heavy atom. The maximum absolute atomic E-state index is 13.1. The van der Waals surface area contributed by atoms with Crippen molar-refractivity contribution < 1.29 is 14.3 Å². The van der Waals surface area contributed by atoms with Gasteiger partial charge in [-0.1, -0.05) is 33.5 Å². The largest absolute Gasteiger partial charge is 0.453 e. The zero-order chi connectivity index (χ0) is 21.6. The molecule has 1 aliphatic heterocycles. The molecule has 1 aliphatic rings. The Morgan fingerprint density at radius 1 is 1.34 bits per heavy atom. The summed E-state index contributed by atoms with van der Waals surface area (Å²) in [5.41, 5.74) is 3.88. The third-order valence-corrected chi connectivity index (χ3v) is 5.41. The monoisotopic (exact) mass is 414 g/mol. The Kier molecular flexibility index (Phi) is 7.52. The molecule has 0 radical (unpaired) electrons. The number of nitrogens with one attached hydrogen (secondary N) is 2. The van der Waals surface area contributed by atoms with Crippen molar-refractivity contribution >= 4 is 20.1 Å². The zero-order valence-corrected chi connectivity index (χ0v) is 19.0. The number of imidazole rings is 1. The second-order valence-corrected chi connectivity index (χ2v) is 13.2. The van der Waals surface area contributed by atoms with Crippen molar-refractivity contribution in [1.82, 2.24) is 20.2 Å². The second-order valence-electron chi connectivity index (χ2n) is 8.48. The van der Waals surface area contributed by atoms with Crippen LogP contribution < -0.4 is 5.32 Å². The van der Waals surface area contributed by atoms with Crippen LogP contribution in [0.3, 0.4) is 0 Å². The number of hydrogen-bond acceptors (Lipinski definition) is 4. The van der Waals surface area contributed by atoms with Gasteiger partial charge in [0.2, 0.25) is 5.91 Å². The van der Waals surface area contributed by atoms with Crippen molar-refractivity contribution in [3.8, 4) is 23.3 Å². The fraction of sp³-hybridized carbons (Fsp3) is 0.571. The summed E-state index contributed by atoms with van der Waals surface area (Å²) in [6.07, 6.45) is 2.75. The number of aromatic amines is 1. The molecule has 2 amide bonds. The Bertz CT molecular complexity index is 864. The van der Waals surface area contributed by atoms with Crippen LogP contribution >= 0.6 is 0 Å². The van der Waals surface area contributed by atoms with Gasteiger partial charge in [0.05, 0.1) is 19.3 Å². The van der Waals surface area contributed by atoms with Crippen molar-refractivity contribution in [1.29, 1.82) is 0 Å². The van der Waals surface area contributed by atoms with E-state index in [1.165, 1.54) is 7.11 Å². The van der Waals surface area contributed by atoms with Crippen LogP contribution in [-0.2, 0) is 9.53 Å². The van der Waals surface area contributed by atoms with Crippen LogP contribution in [0.5, 0.6) is 0 Å². The lowest BCUT2D eigenvalue weighted by Crippen LogP contribution is -2.51. The lowest BCUT2D eigenvalue weighted by Gasteiger charge is -2.29. The summed E-state index contributed by atoms with van der Waals surface area (Å²) in [5, 5.41) is 2.65. The van der Waals surface area contributed by atoms with Gasteiger partial charge in [-0.05, 0) is 36.5 Å². The topological polar surface area (TPSA) is 87.3 Å². The van der Waals surface area contributed by atoms with Crippen LogP contribution in [0, 0.1) is 29.2 Å². The van der Waals surface area contributed by atoms with E-state index in [9.17, 15) is 9.59 Å². The molecule has 1 saturated heterocycles. The van der Waals surface area contributed by atoms with Gasteiger partial charge in [-0.25, -0.2) is 9.78 Å². The number of methoxy groups -OCH3 is 1. The minimum atomic E-state index is -1.44. The Labute approximate surface area is 174 Å². The van der Waals surface area contributed by atoms with E-state index in [-0.39, 0.29) is 17.9 Å². The summed E-state index contributed by atoms with van der Waals surface area (Å²) in [6, 6.07) is -0.805. The SMILES string of the molecule is COC(=O)N[C@H](C(=O)N1CCC[C@H]1c1ncc(C#CC#C[Si](C)(C)C)[nH]1)C(C)C. The minimum Gasteiger partial charge on any atom is -0.453 e. The number of nitrogens with zero attached hydrogens (tertiary/aromatic N) is 2. The molecule has 1 aromatic rings. The van der Waals surface area contributed by atoms with Crippen molar-refractivity contribution in [2.45, 2.75) is 58.4 Å². The van der Waals surface area contributed by atoms with Gasteiger partial charge >= 0.3 is 6.09 Å². The number of carbonyl (C=O) groups is 2. The number of alkyl carbamates (subject to hydrolysis) is 1. The zero-order valence-electron chi connectivity index (χ0n) is 18.0. The van der Waals surface area contributed by atoms with Gasteiger partial charge in [0.25, 0.3) is 0 Å². The van der Waals surface area contributed by atoms with Gasteiger partial charge < -0.3 is 19.9 Å². The number of rotatable bonds is 4. The van der Waals surface area contributed by atoms with Crippen molar-refractivity contribution in [2.24, 2.45) is 5.92 Å². The van der Waals surface area contributed by atoms with Crippen LogP contribution in [0.15, 0.2) is 6.20 Å². The molecule has 2 atom stereocenters. The van der Waals surface area contributed by atoms with Gasteiger partial charge in [0.1, 0.15) is 25.6 Å². The average Bonchev–Trinajstić information content (AvgIpc) is 3.30. The summed E-state index contributed by atoms with van der Waals surface area (Å²) in [6.45, 7) is 10.9. The summed E-state index contributed by atoms with van der Waals surface area (Å²) >= 11 is 0. The molecule has 1 aromatic heterocycles. The molecule has 0 bridgehead atoms. The van der Waals surface area contributed by atoms with E-state index < -0.39 is 20.2 Å². The Hall–Kier alpha value is -2.71. The van der Waals surface area contributed by atoms with Gasteiger partial charge in [-0.15, -0.1) is 5.54 Å². The molecule has 0 aromatic carbocycles. The predicted octanol–water partition coefficient (Wildman–Crippen LogP) is 2.69. The highest BCUT2D eigenvalue weighted by atomic mass is 28.3. The molecule has 0 spiro atoms. The molecule has 156 valence electrons. The molecular formula is C21H30N4O3Si. The average molecular weight is 415 g/mol. The van der Waals surface area contributed by atoms with Crippen molar-refractivity contribution in [3.63, 3.8) is 0 Å². The van der Waals surface area contributed by atoms with E-state index in [0.717, 1.165) is 12.8 Å². The molecule has 2 rings (SSSR count). The molecule has 8 heteroatoms. The maximum atomic E-state index is 13.1. The second kappa shape index (κ2) is 9.66. The van der Waals surface area contributed by atoms with Crippen LogP contribution in [0.4, 0.5) is 4.79 Å². The Balaban J connectivity index is 2.15. The number of likely N-dealkylation sites (tertiary alicyclic amines) is 1. The van der Waals surface area contributed by atoms with Gasteiger partial charge in [-0.2, -0.15) is 0 Å². The molecule has 0 unspecified atom stereocenters. The number of aromatic nitrogens is 2. The van der Waals surface area contributed by atoms with Crippen LogP contribution in [-0.4, -0.2) is 54.6 Å². The molecule has 0 aliphatic carbocycles. The molecule has 7 nitrogen and oxygen atoms in total. The normalized spacial score (nSPS) is 17.1. The van der Waals surface area contributed by atoms with E-state index in [0.29, 0.717) is 18.1 Å². The first-order valence-corrected chi connectivity index (χ1v) is 13.4. The molecule has 0 saturated carbocycles. The van der Waals surface area contributed by atoms with E-state index in [1.54, 1.807) is 11.1 Å². The van der Waals surface area contributed by atoms with E-state index in [1.807, 2.05) is 13.8 Å². The van der Waals surface area contributed by atoms with Crippen molar-refractivity contribution in [2.75, 3.05) is 13.7 Å². The summed E-state index contributed by atoms with van der Waals surface area (Å²) < 4.78 is 4.66.